The first-order valence-electron chi connectivity index (χ1n) is 6.21. The van der Waals surface area contributed by atoms with Gasteiger partial charge in [0.25, 0.3) is 0 Å². The highest BCUT2D eigenvalue weighted by atomic mass is 32.1. The molecule has 3 nitrogen and oxygen atoms in total. The van der Waals surface area contributed by atoms with Crippen molar-refractivity contribution in [3.8, 4) is 0 Å². The lowest BCUT2D eigenvalue weighted by Crippen LogP contribution is -2.50. The van der Waals surface area contributed by atoms with Gasteiger partial charge < -0.3 is 9.22 Å². The monoisotopic (exact) mass is 245 g/mol. The van der Waals surface area contributed by atoms with E-state index < -0.39 is 0 Å². The highest BCUT2D eigenvalue weighted by molar-refractivity contribution is 7.78. The molecule has 0 rings (SSSR count). The van der Waals surface area contributed by atoms with Gasteiger partial charge in [0.15, 0.2) is 0 Å². The first-order valence-corrected chi connectivity index (χ1v) is 6.62. The van der Waals surface area contributed by atoms with Crippen molar-refractivity contribution >= 4 is 17.4 Å². The summed E-state index contributed by atoms with van der Waals surface area (Å²) in [6, 6.07) is 0. The number of quaternary nitrogens is 1. The van der Waals surface area contributed by atoms with Gasteiger partial charge in [-0.2, -0.15) is 0 Å². The van der Waals surface area contributed by atoms with Crippen LogP contribution in [0, 0.1) is 0 Å². The van der Waals surface area contributed by atoms with Crippen molar-refractivity contribution in [2.24, 2.45) is 4.99 Å². The molecule has 94 valence electrons. The zero-order valence-corrected chi connectivity index (χ0v) is 11.7. The fraction of sp³-hybridized carbons (Fsp3) is 0.917. The third-order valence-electron chi connectivity index (χ3n) is 3.22. The lowest BCUT2D eigenvalue weighted by atomic mass is 10.3. The van der Waals surface area contributed by atoms with Gasteiger partial charge in [0.1, 0.15) is 6.54 Å². The van der Waals surface area contributed by atoms with Crippen LogP contribution in [-0.2, 0) is 4.74 Å². The van der Waals surface area contributed by atoms with Crippen LogP contribution in [0.4, 0.5) is 0 Å². The van der Waals surface area contributed by atoms with Crippen molar-refractivity contribution in [2.75, 3.05) is 45.9 Å². The number of nitrogens with zero attached hydrogens (tertiary/aromatic N) is 2. The van der Waals surface area contributed by atoms with E-state index in [-0.39, 0.29) is 0 Å². The maximum absolute atomic E-state index is 5.45. The van der Waals surface area contributed by atoms with Crippen molar-refractivity contribution in [1.82, 2.24) is 0 Å². The average Bonchev–Trinajstić information content (AvgIpc) is 2.33. The molecule has 0 aliphatic heterocycles. The Morgan fingerprint density at radius 3 is 2.38 bits per heavy atom. The number of isothiocyanates is 1. The summed E-state index contributed by atoms with van der Waals surface area (Å²) < 4.78 is 6.57. The molecule has 0 N–H and O–H groups in total. The fourth-order valence-corrected chi connectivity index (χ4v) is 1.99. The van der Waals surface area contributed by atoms with Gasteiger partial charge in [-0.05, 0) is 33.0 Å². The Balaban J connectivity index is 4.03. The first kappa shape index (κ1) is 15.7. The van der Waals surface area contributed by atoms with Crippen molar-refractivity contribution in [3.05, 3.63) is 0 Å². The van der Waals surface area contributed by atoms with E-state index in [4.69, 9.17) is 4.74 Å². The van der Waals surface area contributed by atoms with Gasteiger partial charge in [0.2, 0.25) is 0 Å². The Labute approximate surface area is 105 Å². The van der Waals surface area contributed by atoms with E-state index in [0.29, 0.717) is 0 Å². The molecule has 0 atom stereocenters. The highest BCUT2D eigenvalue weighted by Crippen LogP contribution is 2.07. The molecule has 0 bridgehead atoms. The molecular formula is C12H25N2OS+. The summed E-state index contributed by atoms with van der Waals surface area (Å²) in [4.78, 5) is 3.96. The summed E-state index contributed by atoms with van der Waals surface area (Å²) in [6.07, 6.45) is 1.08. The maximum Gasteiger partial charge on any atom is 0.102 e. The van der Waals surface area contributed by atoms with Gasteiger partial charge in [-0.15, -0.1) is 0 Å². The summed E-state index contributed by atoms with van der Waals surface area (Å²) >= 11 is 4.56. The highest BCUT2D eigenvalue weighted by Gasteiger charge is 2.21. The SMILES string of the molecule is CCOCC[N+](CC)(CC)CCCN=C=S. The van der Waals surface area contributed by atoms with Gasteiger partial charge in [0.05, 0.1) is 37.9 Å². The minimum atomic E-state index is 0.804. The van der Waals surface area contributed by atoms with E-state index in [1.807, 2.05) is 6.92 Å². The summed E-state index contributed by atoms with van der Waals surface area (Å²) in [5, 5.41) is 2.42. The normalized spacial score (nSPS) is 11.2. The topological polar surface area (TPSA) is 21.6 Å². The predicted octanol–water partition coefficient (Wildman–Crippen LogP) is 2.37. The van der Waals surface area contributed by atoms with Crippen LogP contribution in [0.15, 0.2) is 4.99 Å². The Kier molecular flexibility index (Phi) is 9.74. The number of hydrogen-bond donors (Lipinski definition) is 0. The number of rotatable bonds is 10. The molecule has 0 unspecified atom stereocenters. The molecule has 0 saturated heterocycles. The third-order valence-corrected chi connectivity index (χ3v) is 3.35. The molecule has 0 spiro atoms. The zero-order valence-electron chi connectivity index (χ0n) is 10.9. The molecule has 0 radical (unpaired) electrons. The lowest BCUT2D eigenvalue weighted by Gasteiger charge is -2.36. The molecule has 0 aliphatic rings. The van der Waals surface area contributed by atoms with Crippen LogP contribution in [0.2, 0.25) is 0 Å². The molecule has 0 amide bonds. The fourth-order valence-electron chi connectivity index (χ4n) is 1.90. The predicted molar refractivity (Wildman–Crippen MR) is 72.1 cm³/mol. The quantitative estimate of drug-likeness (QED) is 0.255. The standard InChI is InChI=1S/C12H25N2OS/c1-4-14(5-2,10-11-15-6-3)9-7-8-13-12-16/h4-11H2,1-3H3/q+1. The maximum atomic E-state index is 5.45. The Hall–Kier alpha value is -0.280. The molecule has 0 aromatic carbocycles. The van der Waals surface area contributed by atoms with Crippen LogP contribution < -0.4 is 0 Å². The molecule has 16 heavy (non-hydrogen) atoms. The lowest BCUT2D eigenvalue weighted by molar-refractivity contribution is -0.925. The summed E-state index contributed by atoms with van der Waals surface area (Å²) in [6.45, 7) is 13.6. The molecule has 0 aliphatic carbocycles. The second-order valence-electron chi connectivity index (χ2n) is 3.94. The van der Waals surface area contributed by atoms with Crippen molar-refractivity contribution in [1.29, 1.82) is 0 Å². The van der Waals surface area contributed by atoms with Crippen molar-refractivity contribution in [2.45, 2.75) is 27.2 Å². The van der Waals surface area contributed by atoms with Crippen molar-refractivity contribution in [3.63, 3.8) is 0 Å². The van der Waals surface area contributed by atoms with E-state index in [1.165, 1.54) is 0 Å². The van der Waals surface area contributed by atoms with Crippen LogP contribution >= 0.6 is 12.2 Å². The number of aliphatic imine (C=N–C) groups is 1. The minimum absolute atomic E-state index is 0.804. The summed E-state index contributed by atoms with van der Waals surface area (Å²) in [7, 11) is 0. The summed E-state index contributed by atoms with van der Waals surface area (Å²) in [5.74, 6) is 0. The van der Waals surface area contributed by atoms with Crippen LogP contribution in [0.5, 0.6) is 0 Å². The third kappa shape index (κ3) is 6.33. The van der Waals surface area contributed by atoms with E-state index in [2.05, 4.69) is 36.2 Å². The molecular weight excluding hydrogens is 220 g/mol. The van der Waals surface area contributed by atoms with Gasteiger partial charge >= 0.3 is 0 Å². The smallest absolute Gasteiger partial charge is 0.102 e. The van der Waals surface area contributed by atoms with Crippen LogP contribution in [0.25, 0.3) is 0 Å². The van der Waals surface area contributed by atoms with Gasteiger partial charge in [-0.3, -0.25) is 0 Å². The van der Waals surface area contributed by atoms with E-state index in [0.717, 1.165) is 56.8 Å². The molecule has 0 heterocycles. The zero-order chi connectivity index (χ0) is 12.3. The van der Waals surface area contributed by atoms with Crippen LogP contribution in [0.1, 0.15) is 27.2 Å². The Morgan fingerprint density at radius 2 is 1.88 bits per heavy atom. The van der Waals surface area contributed by atoms with Gasteiger partial charge in [-0.1, -0.05) is 0 Å². The second kappa shape index (κ2) is 9.91. The summed E-state index contributed by atoms with van der Waals surface area (Å²) in [5.41, 5.74) is 0. The first-order chi connectivity index (χ1) is 7.74. The second-order valence-corrected chi connectivity index (χ2v) is 4.13. The number of ether oxygens (including phenoxy) is 1. The largest absolute Gasteiger partial charge is 0.376 e. The number of likely N-dealkylation sites (N-methyl/N-ethyl adjacent to an activating group) is 1. The van der Waals surface area contributed by atoms with Crippen LogP contribution in [-0.4, -0.2) is 55.6 Å². The molecule has 0 aromatic heterocycles. The molecule has 0 fully saturated rings. The van der Waals surface area contributed by atoms with Gasteiger partial charge in [-0.25, -0.2) is 4.99 Å². The van der Waals surface area contributed by atoms with E-state index in [1.54, 1.807) is 0 Å². The van der Waals surface area contributed by atoms with E-state index >= 15 is 0 Å². The number of hydrogen-bond acceptors (Lipinski definition) is 3. The molecule has 0 saturated carbocycles. The van der Waals surface area contributed by atoms with E-state index in [9.17, 15) is 0 Å². The van der Waals surface area contributed by atoms with Crippen molar-refractivity contribution < 1.29 is 9.22 Å². The van der Waals surface area contributed by atoms with Gasteiger partial charge in [0, 0.05) is 13.0 Å². The minimum Gasteiger partial charge on any atom is -0.376 e. The van der Waals surface area contributed by atoms with Crippen LogP contribution in [0.3, 0.4) is 0 Å². The Bertz CT molecular complexity index is 211. The molecule has 0 aromatic rings. The number of thiocarbonyl (C=S) groups is 1. The average molecular weight is 245 g/mol. The molecule has 4 heteroatoms. The Morgan fingerprint density at radius 1 is 1.19 bits per heavy atom.